The van der Waals surface area contributed by atoms with Crippen LogP contribution in [0, 0.1) is 17.8 Å². The van der Waals surface area contributed by atoms with Gasteiger partial charge in [-0.2, -0.15) is 0 Å². The lowest BCUT2D eigenvalue weighted by atomic mass is 9.92. The van der Waals surface area contributed by atoms with Gasteiger partial charge in [-0.15, -0.1) is 0 Å². The van der Waals surface area contributed by atoms with Crippen LogP contribution in [-0.4, -0.2) is 73.6 Å². The Labute approximate surface area is 130 Å². The van der Waals surface area contributed by atoms with Gasteiger partial charge in [-0.05, 0) is 63.6 Å². The largest absolute Gasteiger partial charge is 0.304 e. The van der Waals surface area contributed by atoms with E-state index in [2.05, 4.69) is 33.9 Å². The maximum atomic E-state index is 2.77. The van der Waals surface area contributed by atoms with E-state index in [1.54, 1.807) is 0 Å². The van der Waals surface area contributed by atoms with E-state index in [1.807, 2.05) is 0 Å². The molecule has 118 valence electrons. The third-order valence-electron chi connectivity index (χ3n) is 6.52. The molecule has 2 bridgehead atoms. The maximum Gasteiger partial charge on any atom is 0.0121 e. The Balaban J connectivity index is 1.23. The minimum atomic E-state index is 0.870. The third kappa shape index (κ3) is 3.06. The lowest BCUT2D eigenvalue weighted by Gasteiger charge is -2.42. The molecule has 0 spiro atoms. The van der Waals surface area contributed by atoms with Gasteiger partial charge < -0.3 is 9.80 Å². The van der Waals surface area contributed by atoms with E-state index in [1.165, 1.54) is 71.5 Å². The Morgan fingerprint density at radius 1 is 0.905 bits per heavy atom. The quantitative estimate of drug-likeness (QED) is 0.735. The average Bonchev–Trinajstić information content (AvgIpc) is 3.12. The minimum absolute atomic E-state index is 0.870. The summed E-state index contributed by atoms with van der Waals surface area (Å²) in [6.45, 7) is 9.16. The summed E-state index contributed by atoms with van der Waals surface area (Å²) in [5.74, 6) is 2.83. The second kappa shape index (κ2) is 6.02. The zero-order valence-corrected chi connectivity index (χ0v) is 13.6. The average molecular weight is 289 g/mol. The Morgan fingerprint density at radius 3 is 2.29 bits per heavy atom. The smallest absolute Gasteiger partial charge is 0.0121 e. The van der Waals surface area contributed by atoms with Crippen molar-refractivity contribution in [3.8, 4) is 0 Å². The first kappa shape index (κ1) is 14.2. The highest BCUT2D eigenvalue weighted by Gasteiger charge is 2.37. The highest BCUT2D eigenvalue weighted by atomic mass is 15.3. The highest BCUT2D eigenvalue weighted by Crippen LogP contribution is 2.43. The van der Waals surface area contributed by atoms with Crippen LogP contribution >= 0.6 is 0 Å². The van der Waals surface area contributed by atoms with Gasteiger partial charge in [0.25, 0.3) is 0 Å². The van der Waals surface area contributed by atoms with Gasteiger partial charge in [-0.3, -0.25) is 4.90 Å². The second-order valence-corrected chi connectivity index (χ2v) is 7.91. The molecule has 2 aliphatic carbocycles. The van der Waals surface area contributed by atoms with E-state index in [9.17, 15) is 0 Å². The van der Waals surface area contributed by atoms with Crippen LogP contribution < -0.4 is 0 Å². The predicted octanol–water partition coefficient (Wildman–Crippen LogP) is 1.91. The molecule has 21 heavy (non-hydrogen) atoms. The molecule has 1 saturated carbocycles. The van der Waals surface area contributed by atoms with Gasteiger partial charge in [0, 0.05) is 38.8 Å². The van der Waals surface area contributed by atoms with Crippen LogP contribution in [0.25, 0.3) is 0 Å². The molecule has 0 unspecified atom stereocenters. The van der Waals surface area contributed by atoms with Crippen molar-refractivity contribution in [1.82, 2.24) is 14.7 Å². The number of hydrogen-bond acceptors (Lipinski definition) is 3. The van der Waals surface area contributed by atoms with E-state index in [-0.39, 0.29) is 0 Å². The molecule has 3 fully saturated rings. The lowest BCUT2D eigenvalue weighted by Crippen LogP contribution is -2.52. The molecule has 4 rings (SSSR count). The molecule has 0 aromatic carbocycles. The monoisotopic (exact) mass is 289 g/mol. The van der Waals surface area contributed by atoms with Crippen LogP contribution in [0.2, 0.25) is 0 Å². The summed E-state index contributed by atoms with van der Waals surface area (Å²) < 4.78 is 0. The van der Waals surface area contributed by atoms with Crippen LogP contribution in [0.4, 0.5) is 0 Å². The summed E-state index contributed by atoms with van der Waals surface area (Å²) >= 11 is 0. The predicted molar refractivity (Wildman–Crippen MR) is 87.4 cm³/mol. The zero-order chi connectivity index (χ0) is 14.2. The van der Waals surface area contributed by atoms with E-state index in [4.69, 9.17) is 0 Å². The summed E-state index contributed by atoms with van der Waals surface area (Å²) in [7, 11) is 2.25. The van der Waals surface area contributed by atoms with Gasteiger partial charge in [0.05, 0.1) is 0 Å². The van der Waals surface area contributed by atoms with E-state index in [0.717, 1.165) is 23.8 Å². The molecule has 3 atom stereocenters. The van der Waals surface area contributed by atoms with E-state index < -0.39 is 0 Å². The topological polar surface area (TPSA) is 9.72 Å². The standard InChI is InChI=1S/C18H31N3/c1-19-8-10-21(11-9-19)18-4-6-20(7-5-18)14-17-13-15-2-3-16(17)12-15/h2-3,15-18H,4-14H2,1H3/t15-,16+,17-/m0/s1. The molecule has 2 heterocycles. The maximum absolute atomic E-state index is 2.77. The van der Waals surface area contributed by atoms with Crippen molar-refractivity contribution in [3.05, 3.63) is 12.2 Å². The third-order valence-corrected chi connectivity index (χ3v) is 6.52. The van der Waals surface area contributed by atoms with Crippen molar-refractivity contribution in [2.45, 2.75) is 31.7 Å². The SMILES string of the molecule is CN1CCN(C2CCN(C[C@@H]3C[C@H]4C=C[C@@H]3C4)CC2)CC1. The van der Waals surface area contributed by atoms with Crippen LogP contribution in [0.3, 0.4) is 0 Å². The number of hydrogen-bond donors (Lipinski definition) is 0. The van der Waals surface area contributed by atoms with Gasteiger partial charge in [0.2, 0.25) is 0 Å². The molecular formula is C18H31N3. The summed E-state index contributed by atoms with van der Waals surface area (Å²) in [6.07, 6.45) is 10.7. The van der Waals surface area contributed by atoms with Crippen LogP contribution in [0.15, 0.2) is 12.2 Å². The van der Waals surface area contributed by atoms with Crippen LogP contribution in [0.1, 0.15) is 25.7 Å². The molecule has 0 aromatic rings. The molecule has 2 aliphatic heterocycles. The summed E-state index contributed by atoms with van der Waals surface area (Å²) in [6, 6.07) is 0.870. The molecule has 3 heteroatoms. The number of piperazine rings is 1. The molecule has 0 N–H and O–H groups in total. The second-order valence-electron chi connectivity index (χ2n) is 7.91. The fraction of sp³-hybridized carbons (Fsp3) is 0.889. The van der Waals surface area contributed by atoms with Crippen LogP contribution in [-0.2, 0) is 0 Å². The number of nitrogens with zero attached hydrogens (tertiary/aromatic N) is 3. The molecule has 0 aromatic heterocycles. The molecule has 2 saturated heterocycles. The first-order chi connectivity index (χ1) is 10.3. The Bertz CT molecular complexity index is 378. The van der Waals surface area contributed by atoms with E-state index >= 15 is 0 Å². The lowest BCUT2D eigenvalue weighted by molar-refractivity contribution is 0.0619. The molecule has 4 aliphatic rings. The highest BCUT2D eigenvalue weighted by molar-refractivity contribution is 5.10. The number of fused-ring (bicyclic) bond motifs is 2. The van der Waals surface area contributed by atoms with Crippen molar-refractivity contribution >= 4 is 0 Å². The van der Waals surface area contributed by atoms with E-state index in [0.29, 0.717) is 0 Å². The van der Waals surface area contributed by atoms with Gasteiger partial charge in [-0.25, -0.2) is 0 Å². The first-order valence-electron chi connectivity index (χ1n) is 9.11. The summed E-state index contributed by atoms with van der Waals surface area (Å²) in [4.78, 5) is 8.00. The normalized spacial score (nSPS) is 39.4. The Morgan fingerprint density at radius 2 is 1.67 bits per heavy atom. The van der Waals surface area contributed by atoms with Gasteiger partial charge in [0.1, 0.15) is 0 Å². The van der Waals surface area contributed by atoms with Gasteiger partial charge in [-0.1, -0.05) is 12.2 Å². The minimum Gasteiger partial charge on any atom is -0.304 e. The van der Waals surface area contributed by atoms with Crippen molar-refractivity contribution < 1.29 is 0 Å². The summed E-state index contributed by atoms with van der Waals surface area (Å²) in [5.41, 5.74) is 0. The molecular weight excluding hydrogens is 258 g/mol. The first-order valence-corrected chi connectivity index (χ1v) is 9.11. The number of rotatable bonds is 3. The van der Waals surface area contributed by atoms with Gasteiger partial charge >= 0.3 is 0 Å². The van der Waals surface area contributed by atoms with Crippen molar-refractivity contribution in [1.29, 1.82) is 0 Å². The Kier molecular flexibility index (Phi) is 4.08. The molecule has 3 nitrogen and oxygen atoms in total. The number of allylic oxidation sites excluding steroid dienone is 2. The number of likely N-dealkylation sites (N-methyl/N-ethyl adjacent to an activating group) is 1. The molecule has 0 amide bonds. The van der Waals surface area contributed by atoms with Crippen LogP contribution in [0.5, 0.6) is 0 Å². The van der Waals surface area contributed by atoms with Crippen molar-refractivity contribution in [2.75, 3.05) is 52.9 Å². The molecule has 0 radical (unpaired) electrons. The fourth-order valence-corrected chi connectivity index (χ4v) is 5.09. The fourth-order valence-electron chi connectivity index (χ4n) is 5.09. The van der Waals surface area contributed by atoms with Crippen molar-refractivity contribution in [3.63, 3.8) is 0 Å². The zero-order valence-electron chi connectivity index (χ0n) is 13.6. The summed E-state index contributed by atoms with van der Waals surface area (Å²) in [5, 5.41) is 0. The Hall–Kier alpha value is -0.380. The number of likely N-dealkylation sites (tertiary alicyclic amines) is 1. The van der Waals surface area contributed by atoms with Gasteiger partial charge in [0.15, 0.2) is 0 Å². The van der Waals surface area contributed by atoms with Crippen molar-refractivity contribution in [2.24, 2.45) is 17.8 Å². The number of piperidine rings is 1.